The molecule has 154 valence electrons. The van der Waals surface area contributed by atoms with Gasteiger partial charge in [0.15, 0.2) is 0 Å². The lowest BCUT2D eigenvalue weighted by Crippen LogP contribution is -2.27. The Morgan fingerprint density at radius 1 is 1.27 bits per heavy atom. The number of aromatic amines is 1. The highest BCUT2D eigenvalue weighted by atomic mass is 19.1. The number of nitrogens with one attached hydrogen (secondary N) is 2. The molecule has 9 heteroatoms. The molecule has 2 aromatic heterocycles. The number of benzene rings is 2. The van der Waals surface area contributed by atoms with Gasteiger partial charge in [-0.05, 0) is 30.3 Å². The Bertz CT molecular complexity index is 1170. The fraction of sp³-hybridized carbons (Fsp3) is 0.190. The average Bonchev–Trinajstić information content (AvgIpc) is 3.38. The van der Waals surface area contributed by atoms with Crippen LogP contribution in [0, 0.1) is 5.82 Å². The van der Waals surface area contributed by atoms with Gasteiger partial charge in [0.2, 0.25) is 5.91 Å². The van der Waals surface area contributed by atoms with Crippen molar-refractivity contribution < 1.29 is 18.7 Å². The zero-order valence-electron chi connectivity index (χ0n) is 16.3. The summed E-state index contributed by atoms with van der Waals surface area (Å²) in [6.45, 7) is 0.322. The summed E-state index contributed by atoms with van der Waals surface area (Å²) < 4.78 is 25.7. The molecule has 0 saturated carbocycles. The van der Waals surface area contributed by atoms with Gasteiger partial charge in [0.05, 0.1) is 24.3 Å². The van der Waals surface area contributed by atoms with Gasteiger partial charge in [-0.15, -0.1) is 0 Å². The van der Waals surface area contributed by atoms with Crippen LogP contribution in [0.1, 0.15) is 11.4 Å². The fourth-order valence-corrected chi connectivity index (χ4v) is 3.00. The molecule has 0 radical (unpaired) electrons. The smallest absolute Gasteiger partial charge is 0.246 e. The number of carbonyl (C=O) groups is 1. The molecule has 0 bridgehead atoms. The molecular weight excluding hydrogens is 389 g/mol. The first-order valence-electron chi connectivity index (χ1n) is 9.28. The quantitative estimate of drug-likeness (QED) is 0.467. The number of carbonyl (C=O) groups excluding carboxylic acids is 1. The topological polar surface area (TPSA) is 94.1 Å². The third-order valence-corrected chi connectivity index (χ3v) is 4.42. The van der Waals surface area contributed by atoms with Crippen molar-refractivity contribution in [1.82, 2.24) is 25.1 Å². The summed E-state index contributed by atoms with van der Waals surface area (Å²) in [5.74, 6) is 0.633. The third-order valence-electron chi connectivity index (χ3n) is 4.42. The second kappa shape index (κ2) is 8.75. The number of H-pyrrole nitrogens is 1. The van der Waals surface area contributed by atoms with E-state index in [9.17, 15) is 9.18 Å². The maximum Gasteiger partial charge on any atom is 0.246 e. The van der Waals surface area contributed by atoms with E-state index in [0.29, 0.717) is 29.2 Å². The SMILES string of the molecule is COc1ccccc1-n1cc(CNC(=O)COCc2nc3ccc(F)cc3[nH]2)cn1. The van der Waals surface area contributed by atoms with Crippen LogP contribution in [0.5, 0.6) is 5.75 Å². The Hall–Kier alpha value is -3.72. The average molecular weight is 409 g/mol. The highest BCUT2D eigenvalue weighted by molar-refractivity contribution is 5.77. The maximum atomic E-state index is 13.2. The summed E-state index contributed by atoms with van der Waals surface area (Å²) in [5.41, 5.74) is 2.89. The number of amides is 1. The molecule has 0 saturated heterocycles. The molecule has 0 aliphatic carbocycles. The molecule has 2 N–H and O–H groups in total. The van der Waals surface area contributed by atoms with Gasteiger partial charge in [-0.1, -0.05) is 12.1 Å². The summed E-state index contributed by atoms with van der Waals surface area (Å²) >= 11 is 0. The van der Waals surface area contributed by atoms with E-state index in [4.69, 9.17) is 9.47 Å². The molecule has 1 amide bonds. The zero-order valence-corrected chi connectivity index (χ0v) is 16.3. The number of rotatable bonds is 8. The molecule has 0 aliphatic heterocycles. The first kappa shape index (κ1) is 19.6. The highest BCUT2D eigenvalue weighted by Gasteiger charge is 2.09. The van der Waals surface area contributed by atoms with Crippen LogP contribution in [0.3, 0.4) is 0 Å². The Morgan fingerprint density at radius 2 is 2.13 bits per heavy atom. The molecule has 0 atom stereocenters. The van der Waals surface area contributed by atoms with Gasteiger partial charge in [-0.2, -0.15) is 5.10 Å². The lowest BCUT2D eigenvalue weighted by molar-refractivity contribution is -0.126. The third kappa shape index (κ3) is 4.47. The summed E-state index contributed by atoms with van der Waals surface area (Å²) in [7, 11) is 1.60. The number of halogens is 1. The molecule has 0 aliphatic rings. The van der Waals surface area contributed by atoms with Crippen molar-refractivity contribution in [3.05, 3.63) is 72.1 Å². The molecule has 2 heterocycles. The number of hydrogen-bond donors (Lipinski definition) is 2. The van der Waals surface area contributed by atoms with Gasteiger partial charge >= 0.3 is 0 Å². The lowest BCUT2D eigenvalue weighted by atomic mass is 10.3. The largest absolute Gasteiger partial charge is 0.494 e. The number of imidazole rings is 1. The Balaban J connectivity index is 1.26. The van der Waals surface area contributed by atoms with Gasteiger partial charge < -0.3 is 19.8 Å². The first-order chi connectivity index (χ1) is 14.6. The molecular formula is C21H20FN5O3. The number of nitrogens with zero attached hydrogens (tertiary/aromatic N) is 3. The van der Waals surface area contributed by atoms with Crippen LogP contribution in [0.4, 0.5) is 4.39 Å². The van der Waals surface area contributed by atoms with Crippen LogP contribution >= 0.6 is 0 Å². The number of methoxy groups -OCH3 is 1. The van der Waals surface area contributed by atoms with Gasteiger partial charge in [0.1, 0.15) is 36.3 Å². The summed E-state index contributed by atoms with van der Waals surface area (Å²) in [4.78, 5) is 19.3. The van der Waals surface area contributed by atoms with E-state index in [-0.39, 0.29) is 24.9 Å². The van der Waals surface area contributed by atoms with Crippen LogP contribution in [-0.2, 0) is 22.7 Å². The van der Waals surface area contributed by atoms with Gasteiger partial charge in [-0.25, -0.2) is 14.1 Å². The molecule has 0 fully saturated rings. The first-order valence-corrected chi connectivity index (χ1v) is 9.28. The number of para-hydroxylation sites is 2. The molecule has 0 unspecified atom stereocenters. The van der Waals surface area contributed by atoms with Crippen LogP contribution in [-0.4, -0.2) is 39.4 Å². The van der Waals surface area contributed by atoms with Gasteiger partial charge in [0.25, 0.3) is 0 Å². The Labute approximate surface area is 171 Å². The number of hydrogen-bond acceptors (Lipinski definition) is 5. The number of fused-ring (bicyclic) bond motifs is 1. The summed E-state index contributed by atoms with van der Waals surface area (Å²) in [6, 6.07) is 11.8. The second-order valence-electron chi connectivity index (χ2n) is 6.58. The van der Waals surface area contributed by atoms with E-state index < -0.39 is 0 Å². The highest BCUT2D eigenvalue weighted by Crippen LogP contribution is 2.21. The van der Waals surface area contributed by atoms with E-state index in [1.165, 1.54) is 12.1 Å². The zero-order chi connectivity index (χ0) is 20.9. The van der Waals surface area contributed by atoms with Crippen molar-refractivity contribution in [2.24, 2.45) is 0 Å². The minimum atomic E-state index is -0.341. The van der Waals surface area contributed by atoms with Crippen molar-refractivity contribution in [2.75, 3.05) is 13.7 Å². The van der Waals surface area contributed by atoms with E-state index in [2.05, 4.69) is 20.4 Å². The number of aromatic nitrogens is 4. The van der Waals surface area contributed by atoms with Crippen molar-refractivity contribution >= 4 is 16.9 Å². The lowest BCUT2D eigenvalue weighted by Gasteiger charge is -2.07. The predicted octanol–water partition coefficient (Wildman–Crippen LogP) is 2.73. The van der Waals surface area contributed by atoms with Gasteiger partial charge in [-0.3, -0.25) is 4.79 Å². The van der Waals surface area contributed by atoms with Crippen molar-refractivity contribution in [3.8, 4) is 11.4 Å². The molecule has 2 aromatic carbocycles. The molecule has 30 heavy (non-hydrogen) atoms. The van der Waals surface area contributed by atoms with Crippen molar-refractivity contribution in [2.45, 2.75) is 13.2 Å². The Kier molecular flexibility index (Phi) is 5.71. The summed E-state index contributed by atoms with van der Waals surface area (Å²) in [6.07, 6.45) is 3.51. The fourth-order valence-electron chi connectivity index (χ4n) is 3.00. The van der Waals surface area contributed by atoms with Crippen LogP contribution < -0.4 is 10.1 Å². The molecule has 8 nitrogen and oxygen atoms in total. The Morgan fingerprint density at radius 3 is 3.00 bits per heavy atom. The standard InChI is InChI=1S/C21H20FN5O3/c1-29-19-5-3-2-4-18(19)27-11-14(10-24-27)9-23-21(28)13-30-12-20-25-16-7-6-15(22)8-17(16)26-20/h2-8,10-11H,9,12-13H2,1H3,(H,23,28)(H,25,26). The van der Waals surface area contributed by atoms with E-state index in [0.717, 1.165) is 11.3 Å². The van der Waals surface area contributed by atoms with Crippen LogP contribution in [0.15, 0.2) is 54.9 Å². The normalized spacial score (nSPS) is 11.0. The second-order valence-corrected chi connectivity index (χ2v) is 6.58. The maximum absolute atomic E-state index is 13.2. The molecule has 4 aromatic rings. The molecule has 4 rings (SSSR count). The van der Waals surface area contributed by atoms with Gasteiger partial charge in [0, 0.05) is 18.3 Å². The predicted molar refractivity (Wildman–Crippen MR) is 108 cm³/mol. The van der Waals surface area contributed by atoms with Crippen molar-refractivity contribution in [1.29, 1.82) is 0 Å². The minimum absolute atomic E-state index is 0.119. The van der Waals surface area contributed by atoms with Crippen LogP contribution in [0.25, 0.3) is 16.7 Å². The van der Waals surface area contributed by atoms with E-state index >= 15 is 0 Å². The van der Waals surface area contributed by atoms with Crippen LogP contribution in [0.2, 0.25) is 0 Å². The summed E-state index contributed by atoms with van der Waals surface area (Å²) in [5, 5.41) is 7.10. The monoisotopic (exact) mass is 409 g/mol. The molecule has 0 spiro atoms. The van der Waals surface area contributed by atoms with E-state index in [1.807, 2.05) is 30.5 Å². The minimum Gasteiger partial charge on any atom is -0.494 e. The van der Waals surface area contributed by atoms with Crippen molar-refractivity contribution in [3.63, 3.8) is 0 Å². The van der Waals surface area contributed by atoms with E-state index in [1.54, 1.807) is 24.1 Å². The number of ether oxygens (including phenoxy) is 2.